The van der Waals surface area contributed by atoms with Gasteiger partial charge in [0, 0.05) is 23.4 Å². The van der Waals surface area contributed by atoms with Crippen molar-refractivity contribution in [3.8, 4) is 0 Å². The lowest BCUT2D eigenvalue weighted by atomic mass is 10.1. The average molecular weight is 283 g/mol. The number of hydrogen-bond acceptors (Lipinski definition) is 5. The molecule has 4 rings (SSSR count). The van der Waals surface area contributed by atoms with Gasteiger partial charge in [0.15, 0.2) is 5.65 Å². The SMILES string of the molecule is O=C1C/C(=C\c2cnn3c(NC4CC4)ccnc23)C(=O)N1. The van der Waals surface area contributed by atoms with E-state index in [9.17, 15) is 9.59 Å². The van der Waals surface area contributed by atoms with Gasteiger partial charge in [-0.05, 0) is 25.0 Å². The highest BCUT2D eigenvalue weighted by molar-refractivity contribution is 6.15. The van der Waals surface area contributed by atoms with E-state index in [1.807, 2.05) is 6.07 Å². The van der Waals surface area contributed by atoms with Crippen LogP contribution in [0, 0.1) is 0 Å². The zero-order valence-electron chi connectivity index (χ0n) is 11.2. The first-order valence-corrected chi connectivity index (χ1v) is 6.85. The van der Waals surface area contributed by atoms with E-state index in [0.29, 0.717) is 17.3 Å². The minimum atomic E-state index is -0.341. The fraction of sp³-hybridized carbons (Fsp3) is 0.286. The second-order valence-electron chi connectivity index (χ2n) is 5.31. The van der Waals surface area contributed by atoms with Gasteiger partial charge in [0.2, 0.25) is 5.91 Å². The molecule has 2 amide bonds. The van der Waals surface area contributed by atoms with Crippen molar-refractivity contribution in [2.75, 3.05) is 5.32 Å². The Labute approximate surface area is 120 Å². The van der Waals surface area contributed by atoms with Crippen molar-refractivity contribution in [1.29, 1.82) is 0 Å². The van der Waals surface area contributed by atoms with Crippen LogP contribution in [0.1, 0.15) is 24.8 Å². The van der Waals surface area contributed by atoms with E-state index in [1.165, 1.54) is 12.8 Å². The predicted molar refractivity (Wildman–Crippen MR) is 75.4 cm³/mol. The molecule has 7 heteroatoms. The lowest BCUT2D eigenvalue weighted by molar-refractivity contribution is -0.124. The summed E-state index contributed by atoms with van der Waals surface area (Å²) >= 11 is 0. The van der Waals surface area contributed by atoms with Crippen molar-refractivity contribution in [1.82, 2.24) is 19.9 Å². The van der Waals surface area contributed by atoms with Crippen molar-refractivity contribution in [3.63, 3.8) is 0 Å². The molecule has 0 aromatic carbocycles. The Balaban J connectivity index is 1.74. The number of imide groups is 1. The number of nitrogens with one attached hydrogen (secondary N) is 2. The van der Waals surface area contributed by atoms with Gasteiger partial charge >= 0.3 is 0 Å². The summed E-state index contributed by atoms with van der Waals surface area (Å²) in [7, 11) is 0. The van der Waals surface area contributed by atoms with Gasteiger partial charge in [-0.25, -0.2) is 4.98 Å². The van der Waals surface area contributed by atoms with Crippen LogP contribution in [-0.2, 0) is 9.59 Å². The molecular formula is C14H13N5O2. The standard InChI is InChI=1S/C14H13N5O2/c20-12-6-8(14(21)18-12)5-9-7-16-19-11(17-10-1-2-10)3-4-15-13(9)19/h3-5,7,10,17H,1-2,6H2,(H,18,20,21)/b8-5+. The van der Waals surface area contributed by atoms with Gasteiger partial charge in [0.1, 0.15) is 5.82 Å². The van der Waals surface area contributed by atoms with E-state index in [0.717, 1.165) is 11.4 Å². The molecule has 106 valence electrons. The third kappa shape index (κ3) is 2.16. The Hall–Kier alpha value is -2.70. The number of nitrogens with zero attached hydrogens (tertiary/aromatic N) is 3. The Morgan fingerprint density at radius 2 is 2.24 bits per heavy atom. The number of carbonyl (C=O) groups excluding carboxylic acids is 2. The smallest absolute Gasteiger partial charge is 0.254 e. The first-order chi connectivity index (χ1) is 10.2. The quantitative estimate of drug-likeness (QED) is 0.640. The molecule has 2 fully saturated rings. The predicted octanol–water partition coefficient (Wildman–Crippen LogP) is 0.733. The van der Waals surface area contributed by atoms with Crippen LogP contribution in [0.25, 0.3) is 11.7 Å². The molecule has 2 N–H and O–H groups in total. The zero-order chi connectivity index (χ0) is 14.4. The van der Waals surface area contributed by atoms with Gasteiger partial charge in [-0.15, -0.1) is 0 Å². The number of anilines is 1. The van der Waals surface area contributed by atoms with E-state index in [2.05, 4.69) is 20.7 Å². The lowest BCUT2D eigenvalue weighted by Crippen LogP contribution is -2.19. The molecule has 2 aliphatic rings. The summed E-state index contributed by atoms with van der Waals surface area (Å²) in [5, 5.41) is 9.97. The van der Waals surface area contributed by atoms with Crippen LogP contribution >= 0.6 is 0 Å². The third-order valence-corrected chi connectivity index (χ3v) is 3.58. The topological polar surface area (TPSA) is 88.4 Å². The monoisotopic (exact) mass is 283 g/mol. The fourth-order valence-corrected chi connectivity index (χ4v) is 2.37. The maximum absolute atomic E-state index is 11.6. The molecule has 0 radical (unpaired) electrons. The van der Waals surface area contributed by atoms with Crippen molar-refractivity contribution >= 4 is 29.4 Å². The summed E-state index contributed by atoms with van der Waals surface area (Å²) < 4.78 is 1.72. The fourth-order valence-electron chi connectivity index (χ4n) is 2.37. The minimum absolute atomic E-state index is 0.107. The van der Waals surface area contributed by atoms with Crippen molar-refractivity contribution in [2.45, 2.75) is 25.3 Å². The van der Waals surface area contributed by atoms with Gasteiger partial charge in [-0.1, -0.05) is 0 Å². The van der Waals surface area contributed by atoms with Gasteiger partial charge in [0.05, 0.1) is 12.6 Å². The maximum Gasteiger partial charge on any atom is 0.254 e. The normalized spacial score (nSPS) is 20.3. The number of carbonyl (C=O) groups is 2. The number of aromatic nitrogens is 3. The second kappa shape index (κ2) is 4.41. The van der Waals surface area contributed by atoms with E-state index in [1.54, 1.807) is 23.0 Å². The first kappa shape index (κ1) is 12.1. The Morgan fingerprint density at radius 3 is 2.95 bits per heavy atom. The highest BCUT2D eigenvalue weighted by Gasteiger charge is 2.25. The number of hydrogen-bond donors (Lipinski definition) is 2. The zero-order valence-corrected chi connectivity index (χ0v) is 11.2. The molecule has 21 heavy (non-hydrogen) atoms. The molecule has 7 nitrogen and oxygen atoms in total. The van der Waals surface area contributed by atoms with Gasteiger partial charge in [-0.3, -0.25) is 14.9 Å². The van der Waals surface area contributed by atoms with Gasteiger partial charge < -0.3 is 5.32 Å². The summed E-state index contributed by atoms with van der Waals surface area (Å²) in [5.41, 5.74) is 1.84. The highest BCUT2D eigenvalue weighted by atomic mass is 16.2. The Morgan fingerprint density at radius 1 is 1.38 bits per heavy atom. The molecular weight excluding hydrogens is 270 g/mol. The minimum Gasteiger partial charge on any atom is -0.367 e. The Kier molecular flexibility index (Phi) is 2.53. The third-order valence-electron chi connectivity index (χ3n) is 3.58. The van der Waals surface area contributed by atoms with Crippen LogP contribution in [0.2, 0.25) is 0 Å². The van der Waals surface area contributed by atoms with E-state index < -0.39 is 0 Å². The van der Waals surface area contributed by atoms with Crippen molar-refractivity contribution < 1.29 is 9.59 Å². The lowest BCUT2D eigenvalue weighted by Gasteiger charge is -2.06. The molecule has 0 unspecified atom stereocenters. The molecule has 3 heterocycles. The molecule has 0 atom stereocenters. The largest absolute Gasteiger partial charge is 0.367 e. The summed E-state index contributed by atoms with van der Waals surface area (Å²) in [5.74, 6) is 0.275. The molecule has 1 aliphatic heterocycles. The highest BCUT2D eigenvalue weighted by Crippen LogP contribution is 2.25. The van der Waals surface area contributed by atoms with Crippen LogP contribution in [0.4, 0.5) is 5.82 Å². The van der Waals surface area contributed by atoms with Crippen molar-refractivity contribution in [3.05, 3.63) is 29.6 Å². The number of fused-ring (bicyclic) bond motifs is 1. The van der Waals surface area contributed by atoms with Crippen LogP contribution in [-0.4, -0.2) is 32.5 Å². The second-order valence-corrected chi connectivity index (χ2v) is 5.31. The van der Waals surface area contributed by atoms with Gasteiger partial charge in [-0.2, -0.15) is 9.61 Å². The summed E-state index contributed by atoms with van der Waals surface area (Å²) in [6.07, 6.45) is 7.49. The van der Waals surface area contributed by atoms with Gasteiger partial charge in [0.25, 0.3) is 5.91 Å². The molecule has 0 spiro atoms. The number of rotatable bonds is 3. The maximum atomic E-state index is 11.6. The molecule has 0 bridgehead atoms. The number of amides is 2. The summed E-state index contributed by atoms with van der Waals surface area (Å²) in [6.45, 7) is 0. The van der Waals surface area contributed by atoms with E-state index >= 15 is 0 Å². The van der Waals surface area contributed by atoms with E-state index in [-0.39, 0.29) is 18.2 Å². The van der Waals surface area contributed by atoms with Crippen LogP contribution < -0.4 is 10.6 Å². The molecule has 1 saturated heterocycles. The Bertz CT molecular complexity index is 788. The molecule has 1 saturated carbocycles. The molecule has 2 aromatic heterocycles. The van der Waals surface area contributed by atoms with E-state index in [4.69, 9.17) is 0 Å². The molecule has 2 aromatic rings. The first-order valence-electron chi connectivity index (χ1n) is 6.85. The summed E-state index contributed by atoms with van der Waals surface area (Å²) in [6, 6.07) is 2.39. The van der Waals surface area contributed by atoms with Crippen LogP contribution in [0.15, 0.2) is 24.0 Å². The van der Waals surface area contributed by atoms with Crippen LogP contribution in [0.3, 0.4) is 0 Å². The van der Waals surface area contributed by atoms with Crippen molar-refractivity contribution in [2.24, 2.45) is 0 Å². The van der Waals surface area contributed by atoms with Crippen LogP contribution in [0.5, 0.6) is 0 Å². The molecule has 1 aliphatic carbocycles. The summed E-state index contributed by atoms with van der Waals surface area (Å²) in [4.78, 5) is 27.1. The average Bonchev–Trinajstić information content (AvgIpc) is 3.09.